The number of benzene rings is 9. The van der Waals surface area contributed by atoms with Crippen molar-refractivity contribution in [3.05, 3.63) is 218 Å². The first-order valence-corrected chi connectivity index (χ1v) is 21.3. The lowest BCUT2D eigenvalue weighted by atomic mass is 10.1. The van der Waals surface area contributed by atoms with E-state index in [-0.39, 0.29) is 0 Å². The van der Waals surface area contributed by atoms with E-state index in [1.807, 2.05) is 18.2 Å². The zero-order chi connectivity index (χ0) is 41.4. The number of fused-ring (bicyclic) bond motifs is 9. The van der Waals surface area contributed by atoms with Crippen molar-refractivity contribution < 1.29 is 0 Å². The quantitative estimate of drug-likeness (QED) is 0.168. The number of hydrogen-bond acceptors (Lipinski definition) is 3. The van der Waals surface area contributed by atoms with Crippen LogP contribution in [0.4, 0.5) is 0 Å². The van der Waals surface area contributed by atoms with E-state index in [9.17, 15) is 0 Å². The molecule has 13 rings (SSSR count). The third-order valence-corrected chi connectivity index (χ3v) is 12.5. The van der Waals surface area contributed by atoms with Crippen molar-refractivity contribution in [3.8, 4) is 51.2 Å². The Morgan fingerprint density at radius 2 is 0.556 bits per heavy atom. The third kappa shape index (κ3) is 5.55. The summed E-state index contributed by atoms with van der Waals surface area (Å²) in [6.45, 7) is 0. The number of hydrogen-bond donors (Lipinski definition) is 0. The average molecular weight is 805 g/mol. The van der Waals surface area contributed by atoms with Crippen LogP contribution >= 0.6 is 0 Å². The van der Waals surface area contributed by atoms with Gasteiger partial charge in [0.05, 0.1) is 33.1 Å². The van der Waals surface area contributed by atoms with Gasteiger partial charge in [0.25, 0.3) is 0 Å². The maximum atomic E-state index is 5.26. The predicted molar refractivity (Wildman–Crippen MR) is 259 cm³/mol. The highest BCUT2D eigenvalue weighted by Gasteiger charge is 2.20. The molecule has 0 fully saturated rings. The second-order valence-corrected chi connectivity index (χ2v) is 16.1. The molecular formula is C57H36N6. The van der Waals surface area contributed by atoms with E-state index >= 15 is 0 Å². The Kier molecular flexibility index (Phi) is 7.80. The van der Waals surface area contributed by atoms with Crippen LogP contribution in [0.1, 0.15) is 0 Å². The zero-order valence-corrected chi connectivity index (χ0v) is 34.0. The molecule has 13 aromatic rings. The first-order valence-electron chi connectivity index (χ1n) is 21.3. The first-order chi connectivity index (χ1) is 31.2. The molecule has 0 saturated heterocycles. The highest BCUT2D eigenvalue weighted by Crippen LogP contribution is 2.40. The van der Waals surface area contributed by atoms with Crippen LogP contribution < -0.4 is 0 Å². The molecule has 0 unspecified atom stereocenters. The lowest BCUT2D eigenvalue weighted by molar-refractivity contribution is 1.07. The second-order valence-electron chi connectivity index (χ2n) is 16.1. The van der Waals surface area contributed by atoms with Crippen LogP contribution in [0.5, 0.6) is 0 Å². The van der Waals surface area contributed by atoms with Crippen molar-refractivity contribution in [1.82, 2.24) is 28.7 Å². The maximum Gasteiger partial charge on any atom is 0.164 e. The molecule has 6 heteroatoms. The van der Waals surface area contributed by atoms with Gasteiger partial charge >= 0.3 is 0 Å². The summed E-state index contributed by atoms with van der Waals surface area (Å²) >= 11 is 0. The van der Waals surface area contributed by atoms with Gasteiger partial charge in [0.1, 0.15) is 0 Å². The molecule has 0 radical (unpaired) electrons. The third-order valence-electron chi connectivity index (χ3n) is 12.5. The molecule has 0 bridgehead atoms. The van der Waals surface area contributed by atoms with Crippen LogP contribution in [0.25, 0.3) is 117 Å². The molecule has 0 amide bonds. The number of aromatic nitrogens is 6. The lowest BCUT2D eigenvalue weighted by Crippen LogP contribution is -2.02. The minimum atomic E-state index is 0.607. The van der Waals surface area contributed by atoms with E-state index in [0.717, 1.165) is 61.3 Å². The summed E-state index contributed by atoms with van der Waals surface area (Å²) in [6.07, 6.45) is 0. The molecule has 0 N–H and O–H groups in total. The Balaban J connectivity index is 1.00. The molecule has 6 nitrogen and oxygen atoms in total. The van der Waals surface area contributed by atoms with Gasteiger partial charge in [0, 0.05) is 66.1 Å². The molecule has 0 spiro atoms. The summed E-state index contributed by atoms with van der Waals surface area (Å²) in [5.41, 5.74) is 12.9. The molecule has 0 aliphatic heterocycles. The van der Waals surface area contributed by atoms with Crippen LogP contribution in [0, 0.1) is 0 Å². The highest BCUT2D eigenvalue weighted by molar-refractivity contribution is 6.19. The predicted octanol–water partition coefficient (Wildman–Crippen LogP) is 14.2. The Morgan fingerprint density at radius 3 is 1.03 bits per heavy atom. The van der Waals surface area contributed by atoms with Crippen molar-refractivity contribution in [3.63, 3.8) is 0 Å². The highest BCUT2D eigenvalue weighted by atomic mass is 15.0. The Labute approximate surface area is 362 Å². The topological polar surface area (TPSA) is 53.5 Å². The SMILES string of the molecule is c1ccc(-c2nc(-c3cccc(-n4c5ccccc5c5ccccc54)c3)nc(-c3cccc(-n4c5ccccc5c5cc6c7ccccc7n(-c7ccccc7)c6cc54)c3)n2)cc1. The first kappa shape index (κ1) is 35.2. The van der Waals surface area contributed by atoms with Crippen LogP contribution in [0.2, 0.25) is 0 Å². The van der Waals surface area contributed by atoms with Gasteiger partial charge in [-0.3, -0.25) is 0 Å². The lowest BCUT2D eigenvalue weighted by Gasteiger charge is -2.13. The van der Waals surface area contributed by atoms with E-state index < -0.39 is 0 Å². The number of nitrogens with zero attached hydrogens (tertiary/aromatic N) is 6. The molecule has 0 aliphatic carbocycles. The van der Waals surface area contributed by atoms with Crippen molar-refractivity contribution in [2.45, 2.75) is 0 Å². The van der Waals surface area contributed by atoms with Gasteiger partial charge in [-0.15, -0.1) is 0 Å². The fourth-order valence-electron chi connectivity index (χ4n) is 9.68. The summed E-state index contributed by atoms with van der Waals surface area (Å²) in [7, 11) is 0. The monoisotopic (exact) mass is 804 g/mol. The largest absolute Gasteiger partial charge is 0.309 e. The summed E-state index contributed by atoms with van der Waals surface area (Å²) in [6, 6.07) is 77.3. The fourth-order valence-corrected chi connectivity index (χ4v) is 9.68. The summed E-state index contributed by atoms with van der Waals surface area (Å²) < 4.78 is 7.10. The average Bonchev–Trinajstić information content (AvgIpc) is 3.99. The Morgan fingerprint density at radius 1 is 0.222 bits per heavy atom. The van der Waals surface area contributed by atoms with E-state index in [0.29, 0.717) is 17.5 Å². The molecule has 294 valence electrons. The minimum absolute atomic E-state index is 0.607. The molecule has 0 aliphatic rings. The molecule has 0 saturated carbocycles. The van der Waals surface area contributed by atoms with E-state index in [4.69, 9.17) is 15.0 Å². The molecule has 9 aromatic carbocycles. The molecular weight excluding hydrogens is 769 g/mol. The van der Waals surface area contributed by atoms with Crippen LogP contribution in [0.3, 0.4) is 0 Å². The molecule has 4 heterocycles. The van der Waals surface area contributed by atoms with Crippen molar-refractivity contribution >= 4 is 65.4 Å². The normalized spacial score (nSPS) is 11.8. The number of rotatable bonds is 6. The maximum absolute atomic E-state index is 5.26. The summed E-state index contributed by atoms with van der Waals surface area (Å²) in [5.74, 6) is 1.84. The minimum Gasteiger partial charge on any atom is -0.309 e. The van der Waals surface area contributed by atoms with Crippen molar-refractivity contribution in [2.75, 3.05) is 0 Å². The standard InChI is InChI=1S/C57H36N6/c1-3-17-37(18-4-1)55-58-56(38-19-15-23-41(33-38)62-49-29-11-7-25-43(49)44-26-8-12-30-50(44)62)60-57(59-55)39-20-16-24-42(34-39)63-52-32-14-10-28-46(52)48-35-47-45-27-9-13-31-51(45)61(53(47)36-54(48)63)40-21-5-2-6-22-40/h1-36H. The van der Waals surface area contributed by atoms with Gasteiger partial charge in [-0.25, -0.2) is 15.0 Å². The molecule has 63 heavy (non-hydrogen) atoms. The Bertz CT molecular complexity index is 3860. The van der Waals surface area contributed by atoms with Gasteiger partial charge in [-0.1, -0.05) is 146 Å². The molecule has 0 atom stereocenters. The van der Waals surface area contributed by atoms with Crippen LogP contribution in [-0.4, -0.2) is 28.7 Å². The summed E-state index contributed by atoms with van der Waals surface area (Å²) in [4.78, 5) is 15.6. The van der Waals surface area contributed by atoms with E-state index in [1.54, 1.807) is 0 Å². The van der Waals surface area contributed by atoms with Gasteiger partial charge < -0.3 is 13.7 Å². The van der Waals surface area contributed by atoms with Crippen LogP contribution in [-0.2, 0) is 0 Å². The van der Waals surface area contributed by atoms with Gasteiger partial charge in [0.2, 0.25) is 0 Å². The number of para-hydroxylation sites is 5. The van der Waals surface area contributed by atoms with E-state index in [2.05, 4.69) is 214 Å². The van der Waals surface area contributed by atoms with Gasteiger partial charge in [-0.05, 0) is 72.8 Å². The van der Waals surface area contributed by atoms with Crippen molar-refractivity contribution in [1.29, 1.82) is 0 Å². The van der Waals surface area contributed by atoms with Gasteiger partial charge in [0.15, 0.2) is 17.5 Å². The van der Waals surface area contributed by atoms with Gasteiger partial charge in [-0.2, -0.15) is 0 Å². The van der Waals surface area contributed by atoms with Crippen molar-refractivity contribution in [2.24, 2.45) is 0 Å². The second kappa shape index (κ2) is 14.0. The fraction of sp³-hybridized carbons (Fsp3) is 0. The molecule has 4 aromatic heterocycles. The zero-order valence-electron chi connectivity index (χ0n) is 34.0. The Hall–Kier alpha value is -8.61. The summed E-state index contributed by atoms with van der Waals surface area (Å²) in [5, 5.41) is 7.31. The van der Waals surface area contributed by atoms with Crippen LogP contribution in [0.15, 0.2) is 218 Å². The smallest absolute Gasteiger partial charge is 0.164 e. The van der Waals surface area contributed by atoms with E-state index in [1.165, 1.54) is 37.8 Å².